The maximum absolute atomic E-state index is 11.7. The molecule has 2 aromatic heterocycles. The van der Waals surface area contributed by atoms with Crippen molar-refractivity contribution < 1.29 is 19.8 Å². The summed E-state index contributed by atoms with van der Waals surface area (Å²) in [6, 6.07) is 2.54. The summed E-state index contributed by atoms with van der Waals surface area (Å²) in [7, 11) is 0. The SMILES string of the molecule is O=C(Cn1nnc(-c2cccs2)n1)NC(CCO)C(=O)O. The van der Waals surface area contributed by atoms with Crippen molar-refractivity contribution in [3.63, 3.8) is 0 Å². The Bertz CT molecular complexity index is 612. The number of carbonyl (C=O) groups is 2. The normalized spacial score (nSPS) is 12.0. The van der Waals surface area contributed by atoms with Crippen LogP contribution < -0.4 is 5.32 Å². The van der Waals surface area contributed by atoms with Crippen LogP contribution in [0.15, 0.2) is 17.5 Å². The smallest absolute Gasteiger partial charge is 0.326 e. The number of amides is 1. The molecule has 0 bridgehead atoms. The van der Waals surface area contributed by atoms with Crippen molar-refractivity contribution in [1.82, 2.24) is 25.5 Å². The number of hydrogen-bond acceptors (Lipinski definition) is 7. The van der Waals surface area contributed by atoms with Gasteiger partial charge in [0, 0.05) is 13.0 Å². The van der Waals surface area contributed by atoms with Gasteiger partial charge in [0.15, 0.2) is 0 Å². The minimum absolute atomic E-state index is 0.0632. The predicted octanol–water partition coefficient (Wildman–Crippen LogP) is -0.647. The van der Waals surface area contributed by atoms with Gasteiger partial charge in [0.2, 0.25) is 11.7 Å². The van der Waals surface area contributed by atoms with Crippen LogP contribution >= 0.6 is 11.3 Å². The highest BCUT2D eigenvalue weighted by Crippen LogP contribution is 2.19. The maximum Gasteiger partial charge on any atom is 0.326 e. The number of tetrazole rings is 1. The van der Waals surface area contributed by atoms with E-state index in [2.05, 4.69) is 20.7 Å². The van der Waals surface area contributed by atoms with Gasteiger partial charge in [-0.15, -0.1) is 21.5 Å². The lowest BCUT2D eigenvalue weighted by molar-refractivity contribution is -0.142. The Labute approximate surface area is 123 Å². The third-order valence-electron chi connectivity index (χ3n) is 2.53. The molecule has 0 saturated carbocycles. The highest BCUT2D eigenvalue weighted by Gasteiger charge is 2.20. The first-order valence-electron chi connectivity index (χ1n) is 6.05. The Morgan fingerprint density at radius 1 is 1.48 bits per heavy atom. The molecular formula is C11H13N5O4S. The van der Waals surface area contributed by atoms with Crippen LogP contribution in [-0.2, 0) is 16.1 Å². The highest BCUT2D eigenvalue weighted by molar-refractivity contribution is 7.13. The third-order valence-corrected chi connectivity index (χ3v) is 3.40. The number of thiophene rings is 1. The molecule has 1 unspecified atom stereocenters. The molecule has 0 spiro atoms. The van der Waals surface area contributed by atoms with E-state index in [1.807, 2.05) is 17.5 Å². The van der Waals surface area contributed by atoms with E-state index in [-0.39, 0.29) is 19.6 Å². The van der Waals surface area contributed by atoms with Crippen LogP contribution in [0, 0.1) is 0 Å². The fourth-order valence-electron chi connectivity index (χ4n) is 1.57. The van der Waals surface area contributed by atoms with E-state index in [1.54, 1.807) is 0 Å². The van der Waals surface area contributed by atoms with Crippen molar-refractivity contribution in [3.8, 4) is 10.7 Å². The summed E-state index contributed by atoms with van der Waals surface area (Å²) in [6.07, 6.45) is -0.0632. The number of carboxylic acid groups (broad SMARTS) is 1. The molecule has 2 heterocycles. The Balaban J connectivity index is 1.95. The minimum Gasteiger partial charge on any atom is -0.480 e. The number of aliphatic hydroxyl groups excluding tert-OH is 1. The Morgan fingerprint density at radius 2 is 2.29 bits per heavy atom. The molecule has 1 atom stereocenters. The van der Waals surface area contributed by atoms with E-state index in [0.29, 0.717) is 5.82 Å². The molecule has 0 fully saturated rings. The first-order chi connectivity index (χ1) is 10.1. The third kappa shape index (κ3) is 4.07. The molecule has 9 nitrogen and oxygen atoms in total. The summed E-state index contributed by atoms with van der Waals surface area (Å²) in [5, 5.41) is 33.4. The topological polar surface area (TPSA) is 130 Å². The first-order valence-corrected chi connectivity index (χ1v) is 6.93. The van der Waals surface area contributed by atoms with Crippen LogP contribution in [0.1, 0.15) is 6.42 Å². The number of nitrogens with one attached hydrogen (secondary N) is 1. The number of hydrogen-bond donors (Lipinski definition) is 3. The maximum atomic E-state index is 11.7. The molecule has 112 valence electrons. The number of aliphatic carboxylic acids is 1. The standard InChI is InChI=1S/C11H13N5O4S/c17-4-3-7(11(19)20)12-9(18)6-16-14-10(13-15-16)8-2-1-5-21-8/h1-2,5,7,17H,3-4,6H2,(H,12,18)(H,19,20). The second-order valence-corrected chi connectivity index (χ2v) is 5.04. The summed E-state index contributed by atoms with van der Waals surface area (Å²) in [5.74, 6) is -1.36. The van der Waals surface area contributed by atoms with Crippen LogP contribution in [0.2, 0.25) is 0 Å². The monoisotopic (exact) mass is 311 g/mol. The van der Waals surface area contributed by atoms with E-state index >= 15 is 0 Å². The fraction of sp³-hybridized carbons (Fsp3) is 0.364. The summed E-state index contributed by atoms with van der Waals surface area (Å²) >= 11 is 1.45. The average molecular weight is 311 g/mol. The molecule has 0 radical (unpaired) electrons. The number of aromatic nitrogens is 4. The van der Waals surface area contributed by atoms with Gasteiger partial charge in [-0.25, -0.2) is 4.79 Å². The van der Waals surface area contributed by atoms with Crippen molar-refractivity contribution in [3.05, 3.63) is 17.5 Å². The van der Waals surface area contributed by atoms with Crippen molar-refractivity contribution >= 4 is 23.2 Å². The number of nitrogens with zero attached hydrogens (tertiary/aromatic N) is 4. The Morgan fingerprint density at radius 3 is 2.90 bits per heavy atom. The highest BCUT2D eigenvalue weighted by atomic mass is 32.1. The number of rotatable bonds is 7. The van der Waals surface area contributed by atoms with Gasteiger partial charge >= 0.3 is 5.97 Å². The van der Waals surface area contributed by atoms with Gasteiger partial charge in [-0.3, -0.25) is 4.79 Å². The minimum atomic E-state index is -1.21. The lowest BCUT2D eigenvalue weighted by atomic mass is 10.2. The van der Waals surface area contributed by atoms with E-state index < -0.39 is 17.9 Å². The quantitative estimate of drug-likeness (QED) is 0.619. The van der Waals surface area contributed by atoms with Gasteiger partial charge in [-0.05, 0) is 16.7 Å². The zero-order chi connectivity index (χ0) is 15.2. The molecule has 21 heavy (non-hydrogen) atoms. The van der Waals surface area contributed by atoms with E-state index in [4.69, 9.17) is 10.2 Å². The van der Waals surface area contributed by atoms with Crippen molar-refractivity contribution in [2.45, 2.75) is 19.0 Å². The largest absolute Gasteiger partial charge is 0.480 e. The van der Waals surface area contributed by atoms with Crippen molar-refractivity contribution in [2.24, 2.45) is 0 Å². The second kappa shape index (κ2) is 6.90. The molecule has 3 N–H and O–H groups in total. The number of carbonyl (C=O) groups excluding carboxylic acids is 1. The second-order valence-electron chi connectivity index (χ2n) is 4.09. The van der Waals surface area contributed by atoms with Gasteiger partial charge in [-0.1, -0.05) is 6.07 Å². The molecule has 0 aliphatic carbocycles. The lowest BCUT2D eigenvalue weighted by Gasteiger charge is -2.12. The predicted molar refractivity (Wildman–Crippen MR) is 72.4 cm³/mol. The van der Waals surface area contributed by atoms with Gasteiger partial charge < -0.3 is 15.5 Å². The first kappa shape index (κ1) is 15.1. The van der Waals surface area contributed by atoms with Crippen LogP contribution in [0.5, 0.6) is 0 Å². The van der Waals surface area contributed by atoms with Crippen LogP contribution in [0.3, 0.4) is 0 Å². The van der Waals surface area contributed by atoms with Gasteiger partial charge in [0.25, 0.3) is 0 Å². The van der Waals surface area contributed by atoms with E-state index in [9.17, 15) is 9.59 Å². The molecule has 0 aliphatic rings. The summed E-state index contributed by atoms with van der Waals surface area (Å²) in [6.45, 7) is -0.574. The molecule has 2 rings (SSSR count). The average Bonchev–Trinajstić information content (AvgIpc) is 3.08. The Kier molecular flexibility index (Phi) is 4.95. The molecule has 0 saturated heterocycles. The fourth-order valence-corrected chi connectivity index (χ4v) is 2.22. The van der Waals surface area contributed by atoms with Crippen molar-refractivity contribution in [2.75, 3.05) is 6.61 Å². The zero-order valence-electron chi connectivity index (χ0n) is 10.8. The summed E-state index contributed by atoms with van der Waals surface area (Å²) in [5.41, 5.74) is 0. The van der Waals surface area contributed by atoms with E-state index in [0.717, 1.165) is 9.67 Å². The summed E-state index contributed by atoms with van der Waals surface area (Å²) in [4.78, 5) is 24.5. The molecule has 0 aromatic carbocycles. The lowest BCUT2D eigenvalue weighted by Crippen LogP contribution is -2.43. The summed E-state index contributed by atoms with van der Waals surface area (Å²) < 4.78 is 0. The number of carboxylic acids is 1. The molecule has 0 aliphatic heterocycles. The van der Waals surface area contributed by atoms with Gasteiger partial charge in [-0.2, -0.15) is 4.80 Å². The van der Waals surface area contributed by atoms with Crippen LogP contribution in [0.4, 0.5) is 0 Å². The van der Waals surface area contributed by atoms with Gasteiger partial charge in [0.1, 0.15) is 12.6 Å². The molecular weight excluding hydrogens is 298 g/mol. The van der Waals surface area contributed by atoms with Crippen LogP contribution in [-0.4, -0.2) is 54.9 Å². The molecule has 10 heteroatoms. The number of aliphatic hydroxyl groups is 1. The molecule has 1 amide bonds. The van der Waals surface area contributed by atoms with Crippen LogP contribution in [0.25, 0.3) is 10.7 Å². The van der Waals surface area contributed by atoms with Crippen molar-refractivity contribution in [1.29, 1.82) is 0 Å². The molecule has 2 aromatic rings. The Hall–Kier alpha value is -2.33. The van der Waals surface area contributed by atoms with Gasteiger partial charge in [0.05, 0.1) is 4.88 Å². The van der Waals surface area contributed by atoms with E-state index in [1.165, 1.54) is 11.3 Å². The zero-order valence-corrected chi connectivity index (χ0v) is 11.7.